The molecule has 0 saturated carbocycles. The van der Waals surface area contributed by atoms with Crippen molar-refractivity contribution in [2.45, 2.75) is 426 Å². The molecule has 0 amide bonds. The molecule has 6 atom stereocenters. The molecule has 0 aliphatic heterocycles. The zero-order valence-electron chi connectivity index (χ0n) is 63.4. The van der Waals surface area contributed by atoms with Crippen LogP contribution in [-0.2, 0) is 65.4 Å². The second-order valence-corrected chi connectivity index (χ2v) is 31.7. The van der Waals surface area contributed by atoms with Crippen LogP contribution in [0, 0.1) is 11.8 Å². The number of ether oxygens (including phenoxy) is 4. The Morgan fingerprint density at radius 3 is 0.784 bits per heavy atom. The molecule has 576 valence electrons. The molecule has 0 aromatic carbocycles. The Kier molecular flexibility index (Phi) is 68.4. The van der Waals surface area contributed by atoms with E-state index in [2.05, 4.69) is 41.5 Å². The van der Waals surface area contributed by atoms with Crippen LogP contribution < -0.4 is 0 Å². The number of aliphatic hydroxyl groups excluding tert-OH is 1. The van der Waals surface area contributed by atoms with Crippen molar-refractivity contribution in [2.24, 2.45) is 11.8 Å². The first-order valence-corrected chi connectivity index (χ1v) is 43.5. The van der Waals surface area contributed by atoms with E-state index in [1.807, 2.05) is 0 Å². The van der Waals surface area contributed by atoms with E-state index in [4.69, 9.17) is 37.0 Å². The van der Waals surface area contributed by atoms with Gasteiger partial charge in [-0.1, -0.05) is 356 Å². The van der Waals surface area contributed by atoms with E-state index in [-0.39, 0.29) is 25.7 Å². The van der Waals surface area contributed by atoms with Gasteiger partial charge in [-0.05, 0) is 37.5 Å². The number of phosphoric ester groups is 2. The van der Waals surface area contributed by atoms with Crippen LogP contribution in [0.3, 0.4) is 0 Å². The van der Waals surface area contributed by atoms with Gasteiger partial charge in [0.05, 0.1) is 26.4 Å². The van der Waals surface area contributed by atoms with E-state index < -0.39 is 97.5 Å². The van der Waals surface area contributed by atoms with Crippen molar-refractivity contribution in [3.05, 3.63) is 0 Å². The molecule has 0 radical (unpaired) electrons. The van der Waals surface area contributed by atoms with Crippen LogP contribution in [-0.4, -0.2) is 96.7 Å². The summed E-state index contributed by atoms with van der Waals surface area (Å²) >= 11 is 0. The van der Waals surface area contributed by atoms with Gasteiger partial charge in [0.15, 0.2) is 12.2 Å². The van der Waals surface area contributed by atoms with Crippen LogP contribution in [0.5, 0.6) is 0 Å². The van der Waals surface area contributed by atoms with Gasteiger partial charge in [-0.2, -0.15) is 0 Å². The van der Waals surface area contributed by atoms with Crippen molar-refractivity contribution in [2.75, 3.05) is 39.6 Å². The second kappa shape index (κ2) is 69.8. The van der Waals surface area contributed by atoms with Crippen LogP contribution in [0.4, 0.5) is 0 Å². The summed E-state index contributed by atoms with van der Waals surface area (Å²) in [7, 11) is -9.91. The van der Waals surface area contributed by atoms with Gasteiger partial charge in [-0.15, -0.1) is 0 Å². The predicted octanol–water partition coefficient (Wildman–Crippen LogP) is 23.1. The molecule has 0 aromatic heterocycles. The fourth-order valence-electron chi connectivity index (χ4n) is 12.0. The molecule has 97 heavy (non-hydrogen) atoms. The Bertz CT molecular complexity index is 1870. The number of carbonyl (C=O) groups is 4. The summed E-state index contributed by atoms with van der Waals surface area (Å²) in [5, 5.41) is 10.6. The summed E-state index contributed by atoms with van der Waals surface area (Å²) in [4.78, 5) is 72.9. The number of carbonyl (C=O) groups excluding carboxylic acids is 4. The van der Waals surface area contributed by atoms with Crippen LogP contribution in [0.15, 0.2) is 0 Å². The van der Waals surface area contributed by atoms with E-state index in [0.29, 0.717) is 25.7 Å². The number of hydrogen-bond acceptors (Lipinski definition) is 15. The van der Waals surface area contributed by atoms with Gasteiger partial charge in [-0.25, -0.2) is 9.13 Å². The summed E-state index contributed by atoms with van der Waals surface area (Å²) < 4.78 is 68.6. The van der Waals surface area contributed by atoms with Gasteiger partial charge in [-0.3, -0.25) is 37.3 Å². The lowest BCUT2D eigenvalue weighted by atomic mass is 9.99. The molecule has 3 N–H and O–H groups in total. The Balaban J connectivity index is 5.23. The first-order valence-electron chi connectivity index (χ1n) is 40.5. The SMILES string of the molecule is CCCCCCCCCCCCCCCCCCCCC(=O)O[C@H](COC(=O)CCCCCCCCCCCCCCCC(C)C)COP(=O)(O)OC[C@@H](O)COP(=O)(O)OC[C@@H](COC(=O)CCCCCCCCCCC)OC(=O)CCCCCCCCCCCCC(C)CC. The van der Waals surface area contributed by atoms with Gasteiger partial charge in [0.2, 0.25) is 0 Å². The Labute approximate surface area is 594 Å². The van der Waals surface area contributed by atoms with Crippen molar-refractivity contribution in [1.29, 1.82) is 0 Å². The summed E-state index contributed by atoms with van der Waals surface area (Å²) in [6, 6.07) is 0. The highest BCUT2D eigenvalue weighted by Gasteiger charge is 2.30. The van der Waals surface area contributed by atoms with Gasteiger partial charge in [0, 0.05) is 25.7 Å². The van der Waals surface area contributed by atoms with E-state index in [0.717, 1.165) is 102 Å². The number of hydrogen-bond donors (Lipinski definition) is 3. The minimum absolute atomic E-state index is 0.106. The third-order valence-corrected chi connectivity index (χ3v) is 20.5. The van der Waals surface area contributed by atoms with Crippen molar-refractivity contribution < 1.29 is 80.2 Å². The molecule has 0 aliphatic rings. The van der Waals surface area contributed by atoms with Gasteiger partial charge in [0.1, 0.15) is 19.3 Å². The third-order valence-electron chi connectivity index (χ3n) is 18.6. The van der Waals surface area contributed by atoms with Crippen LogP contribution in [0.2, 0.25) is 0 Å². The van der Waals surface area contributed by atoms with Crippen molar-refractivity contribution >= 4 is 39.5 Å². The van der Waals surface area contributed by atoms with E-state index >= 15 is 0 Å². The molecule has 0 aliphatic carbocycles. The summed E-state index contributed by atoms with van der Waals surface area (Å²) in [6.45, 7) is 9.64. The number of unbranched alkanes of at least 4 members (excludes halogenated alkanes) is 46. The predicted molar refractivity (Wildman–Crippen MR) is 395 cm³/mol. The van der Waals surface area contributed by atoms with E-state index in [9.17, 15) is 43.2 Å². The Hall–Kier alpha value is -1.94. The number of rotatable bonds is 77. The molecule has 0 bridgehead atoms. The van der Waals surface area contributed by atoms with Gasteiger partial charge < -0.3 is 33.8 Å². The first kappa shape index (κ1) is 95.1. The zero-order chi connectivity index (χ0) is 71.4. The second-order valence-electron chi connectivity index (χ2n) is 28.8. The highest BCUT2D eigenvalue weighted by molar-refractivity contribution is 7.47. The molecule has 0 rings (SSSR count). The quantitative estimate of drug-likeness (QED) is 0.0222. The van der Waals surface area contributed by atoms with Crippen LogP contribution in [0.1, 0.15) is 408 Å². The van der Waals surface area contributed by atoms with Gasteiger partial charge >= 0.3 is 39.5 Å². The van der Waals surface area contributed by atoms with Crippen LogP contribution in [0.25, 0.3) is 0 Å². The lowest BCUT2D eigenvalue weighted by Crippen LogP contribution is -2.30. The molecule has 0 saturated heterocycles. The molecular weight excluding hydrogens is 1270 g/mol. The minimum Gasteiger partial charge on any atom is -0.462 e. The molecule has 19 heteroatoms. The number of aliphatic hydroxyl groups is 1. The van der Waals surface area contributed by atoms with Crippen molar-refractivity contribution in [3.63, 3.8) is 0 Å². The normalized spacial score (nSPS) is 14.2. The average Bonchev–Trinajstić information content (AvgIpc) is 1.42. The molecule has 17 nitrogen and oxygen atoms in total. The minimum atomic E-state index is -4.96. The molecule has 0 spiro atoms. The Morgan fingerprint density at radius 2 is 0.526 bits per heavy atom. The molecule has 3 unspecified atom stereocenters. The maximum absolute atomic E-state index is 13.1. The monoisotopic (exact) mass is 1420 g/mol. The highest BCUT2D eigenvalue weighted by Crippen LogP contribution is 2.45. The standard InChI is InChI=1S/C78H152O17P2/c1-7-10-12-14-16-18-19-20-21-22-23-24-27-31-38-44-50-56-62-77(82)94-74(67-89-76(81)61-55-49-43-37-30-28-25-26-29-35-40-46-52-58-70(4)5)69-93-97(86,87)91-65-72(79)64-90-96(84,85)92-68-73(66-88-75(80)60-54-48-42-34-17-15-13-11-8-2)95-78(83)63-57-51-45-39-33-32-36-41-47-53-59-71(6)9-3/h70-74,79H,7-69H2,1-6H3,(H,84,85)(H,86,87)/t71?,72-,73+,74+/m0/s1. The molecule has 0 fully saturated rings. The largest absolute Gasteiger partial charge is 0.472 e. The molecule has 0 aromatic rings. The van der Waals surface area contributed by atoms with Gasteiger partial charge in [0.25, 0.3) is 0 Å². The Morgan fingerprint density at radius 1 is 0.299 bits per heavy atom. The number of phosphoric acid groups is 2. The fourth-order valence-corrected chi connectivity index (χ4v) is 13.6. The summed E-state index contributed by atoms with van der Waals surface area (Å²) in [5.41, 5.74) is 0. The van der Waals surface area contributed by atoms with E-state index in [1.54, 1.807) is 0 Å². The number of esters is 4. The van der Waals surface area contributed by atoms with Crippen molar-refractivity contribution in [3.8, 4) is 0 Å². The molecular formula is C78H152O17P2. The topological polar surface area (TPSA) is 237 Å². The zero-order valence-corrected chi connectivity index (χ0v) is 65.2. The lowest BCUT2D eigenvalue weighted by Gasteiger charge is -2.21. The molecule has 0 heterocycles. The van der Waals surface area contributed by atoms with Crippen molar-refractivity contribution in [1.82, 2.24) is 0 Å². The fraction of sp³-hybridized carbons (Fsp3) is 0.949. The lowest BCUT2D eigenvalue weighted by molar-refractivity contribution is -0.161. The summed E-state index contributed by atoms with van der Waals surface area (Å²) in [5.74, 6) is -0.519. The maximum atomic E-state index is 13.1. The first-order chi connectivity index (χ1) is 46.9. The summed E-state index contributed by atoms with van der Waals surface area (Å²) in [6.07, 6.45) is 58.2. The van der Waals surface area contributed by atoms with Crippen LogP contribution >= 0.6 is 15.6 Å². The highest BCUT2D eigenvalue weighted by atomic mass is 31.2. The third kappa shape index (κ3) is 70.9. The maximum Gasteiger partial charge on any atom is 0.472 e. The van der Waals surface area contributed by atoms with E-state index in [1.165, 1.54) is 225 Å². The smallest absolute Gasteiger partial charge is 0.462 e. The average molecular weight is 1420 g/mol.